The van der Waals surface area contributed by atoms with Crippen LogP contribution in [0.15, 0.2) is 4.34 Å². The van der Waals surface area contributed by atoms with Crippen molar-refractivity contribution >= 4 is 32.4 Å². The van der Waals surface area contributed by atoms with E-state index in [1.165, 1.54) is 11.2 Å². The molecule has 11 heteroatoms. The molecule has 0 unspecified atom stereocenters. The van der Waals surface area contributed by atoms with Crippen LogP contribution in [0.2, 0.25) is 0 Å². The van der Waals surface area contributed by atoms with Crippen molar-refractivity contribution in [1.29, 1.82) is 0 Å². The van der Waals surface area contributed by atoms with E-state index >= 15 is 0 Å². The second kappa shape index (κ2) is 6.75. The first-order valence-electron chi connectivity index (χ1n) is 6.47. The summed E-state index contributed by atoms with van der Waals surface area (Å²) in [6, 6.07) is 0. The lowest BCUT2D eigenvalue weighted by Crippen LogP contribution is -2.49. The Kier molecular flexibility index (Phi) is 5.22. The minimum Gasteiger partial charge on any atom is -0.329 e. The molecule has 0 bridgehead atoms. The molecular formula is C10H18N6O3S2. The summed E-state index contributed by atoms with van der Waals surface area (Å²) in [6.45, 7) is 4.74. The zero-order chi connectivity index (χ0) is 15.5. The number of piperazine rings is 1. The van der Waals surface area contributed by atoms with Crippen LogP contribution in [0, 0.1) is 0 Å². The monoisotopic (exact) mass is 334 g/mol. The third kappa shape index (κ3) is 3.95. The van der Waals surface area contributed by atoms with Gasteiger partial charge in [-0.05, 0) is 0 Å². The fourth-order valence-corrected chi connectivity index (χ4v) is 4.51. The molecule has 1 aromatic rings. The zero-order valence-corrected chi connectivity index (χ0v) is 13.3. The van der Waals surface area contributed by atoms with Crippen LogP contribution >= 0.6 is 11.3 Å². The van der Waals surface area contributed by atoms with Crippen molar-refractivity contribution in [2.75, 3.05) is 44.6 Å². The fourth-order valence-electron chi connectivity index (χ4n) is 2.00. The van der Waals surface area contributed by atoms with Gasteiger partial charge in [0.2, 0.25) is 15.4 Å². The summed E-state index contributed by atoms with van der Waals surface area (Å²) >= 11 is 0.855. The van der Waals surface area contributed by atoms with Gasteiger partial charge in [0, 0.05) is 46.2 Å². The molecule has 1 amide bonds. The number of nitrogens with zero attached hydrogens (tertiary/aromatic N) is 4. The topological polar surface area (TPSA) is 122 Å². The van der Waals surface area contributed by atoms with E-state index in [1.807, 2.05) is 0 Å². The lowest BCUT2D eigenvalue weighted by molar-refractivity contribution is -0.114. The molecule has 2 rings (SSSR count). The van der Waals surface area contributed by atoms with Gasteiger partial charge in [-0.15, -0.1) is 10.2 Å². The first kappa shape index (κ1) is 16.2. The molecule has 0 atom stereocenters. The van der Waals surface area contributed by atoms with Crippen molar-refractivity contribution in [3.8, 4) is 0 Å². The van der Waals surface area contributed by atoms with Crippen molar-refractivity contribution < 1.29 is 13.2 Å². The lowest BCUT2D eigenvalue weighted by Gasteiger charge is -2.32. The van der Waals surface area contributed by atoms with E-state index in [0.29, 0.717) is 32.7 Å². The molecule has 1 fully saturated rings. The molecular weight excluding hydrogens is 316 g/mol. The highest BCUT2D eigenvalue weighted by atomic mass is 32.2. The number of nitrogens with two attached hydrogens (primary N) is 1. The summed E-state index contributed by atoms with van der Waals surface area (Å²) in [4.78, 5) is 13.0. The average molecular weight is 334 g/mol. The Morgan fingerprint density at radius 3 is 2.57 bits per heavy atom. The van der Waals surface area contributed by atoms with Gasteiger partial charge in [-0.25, -0.2) is 8.42 Å². The molecule has 9 nitrogen and oxygen atoms in total. The van der Waals surface area contributed by atoms with Crippen molar-refractivity contribution in [2.24, 2.45) is 5.73 Å². The van der Waals surface area contributed by atoms with Gasteiger partial charge in [0.05, 0.1) is 0 Å². The number of carbonyl (C=O) groups excluding carboxylic acids is 1. The van der Waals surface area contributed by atoms with Crippen LogP contribution in [0.5, 0.6) is 0 Å². The van der Waals surface area contributed by atoms with E-state index in [0.717, 1.165) is 17.9 Å². The van der Waals surface area contributed by atoms with E-state index in [9.17, 15) is 13.2 Å². The summed E-state index contributed by atoms with van der Waals surface area (Å²) < 4.78 is 26.1. The van der Waals surface area contributed by atoms with Crippen LogP contribution in [0.4, 0.5) is 5.13 Å². The molecule has 0 spiro atoms. The largest absolute Gasteiger partial charge is 0.329 e. The van der Waals surface area contributed by atoms with Crippen LogP contribution in [0.25, 0.3) is 0 Å². The van der Waals surface area contributed by atoms with Gasteiger partial charge in [0.1, 0.15) is 0 Å². The molecule has 0 aromatic carbocycles. The van der Waals surface area contributed by atoms with E-state index in [1.54, 1.807) is 0 Å². The number of sulfonamides is 1. The second-order valence-electron chi connectivity index (χ2n) is 4.59. The van der Waals surface area contributed by atoms with E-state index in [4.69, 9.17) is 5.73 Å². The van der Waals surface area contributed by atoms with Crippen LogP contribution in [0.1, 0.15) is 6.92 Å². The molecule has 0 radical (unpaired) electrons. The molecule has 21 heavy (non-hydrogen) atoms. The number of rotatable bonds is 5. The third-order valence-corrected chi connectivity index (χ3v) is 6.11. The molecule has 0 saturated carbocycles. The SMILES string of the molecule is CC(=O)Nc1nnc(S(=O)(=O)N2CCN(CCN)CC2)s1. The smallest absolute Gasteiger partial charge is 0.272 e. The van der Waals surface area contributed by atoms with Gasteiger partial charge in [0.25, 0.3) is 10.0 Å². The van der Waals surface area contributed by atoms with Crippen molar-refractivity contribution in [3.05, 3.63) is 0 Å². The van der Waals surface area contributed by atoms with E-state index in [2.05, 4.69) is 20.4 Å². The minimum absolute atomic E-state index is 0.0986. The Morgan fingerprint density at radius 1 is 1.33 bits per heavy atom. The van der Waals surface area contributed by atoms with Crippen LogP contribution in [-0.2, 0) is 14.8 Å². The molecule has 1 saturated heterocycles. The van der Waals surface area contributed by atoms with Crippen molar-refractivity contribution in [1.82, 2.24) is 19.4 Å². The quantitative estimate of drug-likeness (QED) is 0.646. The number of hydrogen-bond acceptors (Lipinski definition) is 8. The van der Waals surface area contributed by atoms with Crippen molar-refractivity contribution in [2.45, 2.75) is 11.3 Å². The van der Waals surface area contributed by atoms with Gasteiger partial charge in [-0.2, -0.15) is 4.31 Å². The molecule has 1 aromatic heterocycles. The predicted molar refractivity (Wildman–Crippen MR) is 78.5 cm³/mol. The standard InChI is InChI=1S/C10H18N6O3S2/c1-8(17)12-9-13-14-10(20-9)21(18,19)16-6-4-15(3-2-11)5-7-16/h2-7,11H2,1H3,(H,12,13,17). The number of hydrogen-bond donors (Lipinski definition) is 2. The Morgan fingerprint density at radius 2 is 2.00 bits per heavy atom. The maximum atomic E-state index is 12.4. The Balaban J connectivity index is 2.05. The van der Waals surface area contributed by atoms with E-state index in [-0.39, 0.29) is 15.4 Å². The second-order valence-corrected chi connectivity index (χ2v) is 7.68. The number of carbonyl (C=O) groups is 1. The minimum atomic E-state index is -3.65. The highest BCUT2D eigenvalue weighted by Gasteiger charge is 2.31. The molecule has 0 aliphatic carbocycles. The average Bonchev–Trinajstić information content (AvgIpc) is 2.88. The van der Waals surface area contributed by atoms with Crippen LogP contribution in [0.3, 0.4) is 0 Å². The van der Waals surface area contributed by atoms with Crippen LogP contribution in [-0.4, -0.2) is 73.0 Å². The Labute approximate surface area is 127 Å². The highest BCUT2D eigenvalue weighted by Crippen LogP contribution is 2.24. The molecule has 1 aliphatic heterocycles. The predicted octanol–water partition coefficient (Wildman–Crippen LogP) is -1.24. The zero-order valence-electron chi connectivity index (χ0n) is 11.7. The number of aromatic nitrogens is 2. The first-order valence-corrected chi connectivity index (χ1v) is 8.73. The fraction of sp³-hybridized carbons (Fsp3) is 0.700. The molecule has 1 aliphatic rings. The molecule has 118 valence electrons. The van der Waals surface area contributed by atoms with Gasteiger partial charge >= 0.3 is 0 Å². The normalized spacial score (nSPS) is 17.8. The Hall–Kier alpha value is -1.14. The summed E-state index contributed by atoms with van der Waals surface area (Å²) in [6.07, 6.45) is 0. The number of anilines is 1. The molecule has 3 N–H and O–H groups in total. The van der Waals surface area contributed by atoms with Gasteiger partial charge in [0.15, 0.2) is 0 Å². The molecule has 2 heterocycles. The lowest BCUT2D eigenvalue weighted by atomic mass is 10.3. The summed E-state index contributed by atoms with van der Waals surface area (Å²) in [5, 5.41) is 9.94. The summed E-state index contributed by atoms with van der Waals surface area (Å²) in [5.41, 5.74) is 5.49. The van der Waals surface area contributed by atoms with Crippen molar-refractivity contribution in [3.63, 3.8) is 0 Å². The van der Waals surface area contributed by atoms with Gasteiger partial charge < -0.3 is 11.1 Å². The Bertz CT molecular complexity index is 594. The van der Waals surface area contributed by atoms with Gasteiger partial charge in [-0.1, -0.05) is 11.3 Å². The maximum absolute atomic E-state index is 12.4. The highest BCUT2D eigenvalue weighted by molar-refractivity contribution is 7.91. The van der Waals surface area contributed by atoms with Gasteiger partial charge in [-0.3, -0.25) is 9.69 Å². The van der Waals surface area contributed by atoms with Crippen LogP contribution < -0.4 is 11.1 Å². The first-order chi connectivity index (χ1) is 9.93. The third-order valence-electron chi connectivity index (χ3n) is 3.03. The maximum Gasteiger partial charge on any atom is 0.272 e. The number of nitrogens with one attached hydrogen (secondary N) is 1. The van der Waals surface area contributed by atoms with E-state index < -0.39 is 10.0 Å². The number of amides is 1. The summed E-state index contributed by atoms with van der Waals surface area (Å²) in [5.74, 6) is -0.314. The summed E-state index contributed by atoms with van der Waals surface area (Å²) in [7, 11) is -3.65.